The van der Waals surface area contributed by atoms with E-state index in [0.717, 1.165) is 22.0 Å². The molecule has 2 saturated heterocycles. The highest BCUT2D eigenvalue weighted by Gasteiger charge is 2.53. The summed E-state index contributed by atoms with van der Waals surface area (Å²) in [5.41, 5.74) is 19.8. The van der Waals surface area contributed by atoms with E-state index in [1.807, 2.05) is 6.92 Å². The summed E-state index contributed by atoms with van der Waals surface area (Å²) >= 11 is 0. The van der Waals surface area contributed by atoms with Gasteiger partial charge in [0.25, 0.3) is 23.5 Å². The van der Waals surface area contributed by atoms with Crippen molar-refractivity contribution in [3.63, 3.8) is 0 Å². The Morgan fingerprint density at radius 3 is 2.19 bits per heavy atom. The first kappa shape index (κ1) is 89.5. The van der Waals surface area contributed by atoms with Crippen molar-refractivity contribution in [3.8, 4) is 0 Å². The number of benzene rings is 1. The lowest BCUT2D eigenvalue weighted by Gasteiger charge is -2.42. The van der Waals surface area contributed by atoms with Gasteiger partial charge in [-0.1, -0.05) is 83.2 Å². The number of aliphatic hydroxyl groups is 3. The van der Waals surface area contributed by atoms with Gasteiger partial charge in [-0.25, -0.2) is 14.4 Å². The second kappa shape index (κ2) is 43.8. The molecule has 1 unspecified atom stereocenters. The lowest BCUT2D eigenvalue weighted by Crippen LogP contribution is -2.61. The fourth-order valence-electron chi connectivity index (χ4n) is 13.9. The second-order valence-corrected chi connectivity index (χ2v) is 29.3. The fraction of sp³-hybridized carbons (Fsp3) is 0.636. The molecule has 2 bridgehead atoms. The van der Waals surface area contributed by atoms with Gasteiger partial charge in [0.15, 0.2) is 11.6 Å². The number of nitrogens with zero attached hydrogens (tertiary/aromatic N) is 2. The Bertz CT molecular complexity index is 3450. The number of piperidine rings is 1. The van der Waals surface area contributed by atoms with Crippen molar-refractivity contribution in [2.45, 2.75) is 230 Å². The quantitative estimate of drug-likeness (QED) is 0.0158. The summed E-state index contributed by atoms with van der Waals surface area (Å²) in [6.07, 6.45) is 8.26. The van der Waals surface area contributed by atoms with Crippen LogP contribution in [0.25, 0.3) is 0 Å². The average Bonchev–Trinajstić information content (AvgIpc) is 1.14. The number of primary amides is 1. The van der Waals surface area contributed by atoms with Gasteiger partial charge in [0.2, 0.25) is 23.5 Å². The van der Waals surface area contributed by atoms with Crippen molar-refractivity contribution in [1.82, 2.24) is 31.1 Å². The monoisotopic (exact) mass is 1530 g/mol. The number of rotatable bonds is 26. The molecule has 14 N–H and O–H groups in total. The van der Waals surface area contributed by atoms with Crippen LogP contribution in [0.15, 0.2) is 84.0 Å². The highest BCUT2D eigenvalue weighted by atomic mass is 16.6. The standard InChI is InChI=1S/C77H114N10O22/c1-44(2)66(85-63(90)30-33-87-64(91)28-29-65(87)92)72(97)84-56(18-15-31-81-75(80)100)71(96)83-53-24-21-50(22-25-53)42-107-76(101)82-43-105-34-35-106-60-27-23-51(39-62(60)103-8)36-46(4)61-41-59(89)55(79)38-48(6)68(94)69(104-9)67(93)47(5)37-52(78)17-12-10-11-16-45(3)58(88)40-54-26-20-49(7)77(102,109-54)70(95)73(98)86-32-14-13-19-57(86)74(99)108-61/h10-12,16-17,21-22,24-25,28-29,38,44,46-47,49,51-52,54-58,60-62,66,68-69,88,94,102H,13-15,18-20,23,26-27,30-37,39-43,78-79H2,1-9H3,(H,82,101)(H,83,96)(H,84,97)(H,85,90)(H3,80,81,100)/b11-10+,17-12+,45-16+,48-38+/t46-,47+,49+,51+,52+,54-,55+,56+,57?,58-,60+,61-,62+,66+,68+,69-,77+/m0/s1. The highest BCUT2D eigenvalue weighted by Crippen LogP contribution is 2.38. The number of urea groups is 1. The third kappa shape index (κ3) is 27.2. The van der Waals surface area contributed by atoms with Gasteiger partial charge in [-0.3, -0.25) is 53.4 Å². The predicted molar refractivity (Wildman–Crippen MR) is 397 cm³/mol. The van der Waals surface area contributed by atoms with Crippen LogP contribution in [0.1, 0.15) is 150 Å². The molecular formula is C77H114N10O22. The highest BCUT2D eigenvalue weighted by molar-refractivity contribution is 6.39. The Labute approximate surface area is 636 Å². The molecule has 1 aromatic carbocycles. The zero-order valence-corrected chi connectivity index (χ0v) is 64.0. The number of cyclic esters (lactones) is 1. The lowest BCUT2D eigenvalue weighted by molar-refractivity contribution is -0.265. The van der Waals surface area contributed by atoms with E-state index in [0.29, 0.717) is 61.8 Å². The molecule has 0 spiro atoms. The maximum absolute atomic E-state index is 14.7. The summed E-state index contributed by atoms with van der Waals surface area (Å²) in [7, 11) is 2.85. The maximum Gasteiger partial charge on any atom is 0.409 e. The first-order chi connectivity index (χ1) is 51.7. The molecule has 9 amide bonds. The summed E-state index contributed by atoms with van der Waals surface area (Å²) < 4.78 is 41.1. The van der Waals surface area contributed by atoms with Gasteiger partial charge in [-0.2, -0.15) is 0 Å². The number of methoxy groups -OCH3 is 2. The molecule has 4 heterocycles. The summed E-state index contributed by atoms with van der Waals surface area (Å²) in [6, 6.07) is 0.120. The molecule has 32 heteroatoms. The van der Waals surface area contributed by atoms with E-state index in [9.17, 15) is 72.9 Å². The van der Waals surface area contributed by atoms with Crippen LogP contribution in [0.3, 0.4) is 0 Å². The summed E-state index contributed by atoms with van der Waals surface area (Å²) in [5, 5.41) is 47.8. The van der Waals surface area contributed by atoms with Gasteiger partial charge < -0.3 is 91.8 Å². The number of ketones is 3. The number of Topliss-reactive ketones (excluding diaryl/α,β-unsaturated/α-hetero) is 3. The normalized spacial score (nSPS) is 29.8. The Morgan fingerprint density at radius 2 is 1.51 bits per heavy atom. The van der Waals surface area contributed by atoms with Gasteiger partial charge >= 0.3 is 18.1 Å². The number of imide groups is 1. The molecule has 5 aliphatic rings. The minimum atomic E-state index is -2.57. The van der Waals surface area contributed by atoms with Crippen LogP contribution < -0.4 is 43.8 Å². The van der Waals surface area contributed by atoms with Crippen LogP contribution in [0.5, 0.6) is 0 Å². The van der Waals surface area contributed by atoms with E-state index in [4.69, 9.17) is 50.4 Å². The van der Waals surface area contributed by atoms with Gasteiger partial charge in [-0.15, -0.1) is 0 Å². The zero-order chi connectivity index (χ0) is 80.2. The van der Waals surface area contributed by atoms with E-state index in [2.05, 4.69) is 26.6 Å². The maximum atomic E-state index is 14.7. The van der Waals surface area contributed by atoms with Gasteiger partial charge in [0.1, 0.15) is 49.8 Å². The Balaban J connectivity index is 1.03. The molecule has 32 nitrogen and oxygen atoms in total. The molecule has 109 heavy (non-hydrogen) atoms. The van der Waals surface area contributed by atoms with Crippen LogP contribution in [0.4, 0.5) is 15.3 Å². The number of fused-ring (bicyclic) bond motifs is 3. The molecule has 0 aromatic heterocycles. The van der Waals surface area contributed by atoms with Gasteiger partial charge in [-0.05, 0) is 137 Å². The van der Waals surface area contributed by atoms with E-state index in [1.54, 1.807) is 96.4 Å². The number of nitrogens with two attached hydrogens (primary N) is 3. The number of carbonyl (C=O) groups excluding carboxylic acids is 12. The molecule has 17 atom stereocenters. The number of esters is 1. The molecule has 0 radical (unpaired) electrons. The number of nitrogens with one attached hydrogen (secondary N) is 5. The number of allylic oxidation sites excluding steroid dienone is 4. The summed E-state index contributed by atoms with van der Waals surface area (Å²) in [5.74, 6) is -12.3. The van der Waals surface area contributed by atoms with E-state index >= 15 is 0 Å². The number of anilines is 1. The number of carbonyl (C=O) groups is 12. The first-order valence-corrected chi connectivity index (χ1v) is 37.6. The largest absolute Gasteiger partial charge is 0.460 e. The van der Waals surface area contributed by atoms with Crippen molar-refractivity contribution in [2.75, 3.05) is 59.1 Å². The van der Waals surface area contributed by atoms with Crippen LogP contribution in [-0.2, 0) is 87.7 Å². The molecule has 604 valence electrons. The minimum Gasteiger partial charge on any atom is -0.460 e. The molecule has 1 saturated carbocycles. The number of hydrogen-bond acceptors (Lipinski definition) is 24. The third-order valence-corrected chi connectivity index (χ3v) is 20.6. The lowest BCUT2D eigenvalue weighted by atomic mass is 9.78. The van der Waals surface area contributed by atoms with Gasteiger partial charge in [0, 0.05) is 88.8 Å². The molecule has 6 rings (SSSR count). The topological polar surface area (TPSA) is 475 Å². The Hall–Kier alpha value is -8.44. The smallest absolute Gasteiger partial charge is 0.409 e. The molecule has 1 aromatic rings. The minimum absolute atomic E-state index is 0.00185. The molecule has 3 fully saturated rings. The first-order valence-electron chi connectivity index (χ1n) is 37.6. The van der Waals surface area contributed by atoms with E-state index in [1.165, 1.54) is 20.1 Å². The molecular weight excluding hydrogens is 1420 g/mol. The van der Waals surface area contributed by atoms with E-state index < -0.39 is 174 Å². The Kier molecular flexibility index (Phi) is 36.0. The summed E-state index contributed by atoms with van der Waals surface area (Å²) in [4.78, 5) is 162. The summed E-state index contributed by atoms with van der Waals surface area (Å²) in [6.45, 7) is 11.4. The number of amides is 9. The SMILES string of the molecule is CO[C@@H]1C[C@@H](C[C@H](C)[C@@H]2CC(=O)[C@H](N)/C=C(\C)[C@@H](O)[C@@H](OC)C(=O)[C@H](C)C[C@H](N)/C=C/C=C/C=C(\C)[C@@H](O)C[C@@H]3CC[C@@H](C)[C@@](O)(O3)C(=O)C(=O)N3CCCCC3C(=O)O2)CC[C@H]1OCCOCNC(=O)OCc1ccc(NC(=O)[C@@H](CCCNC(N)=O)NC(=O)[C@H](NC(=O)CCN2C(=O)C=CC2=O)C(C)C)cc1. The van der Waals surface area contributed by atoms with Crippen LogP contribution in [0.2, 0.25) is 0 Å². The van der Waals surface area contributed by atoms with Crippen molar-refractivity contribution >= 4 is 76.6 Å². The van der Waals surface area contributed by atoms with Gasteiger partial charge in [0.05, 0.1) is 43.7 Å². The van der Waals surface area contributed by atoms with Crippen molar-refractivity contribution in [3.05, 3.63) is 89.6 Å². The number of hydrogen-bond donors (Lipinski definition) is 11. The zero-order valence-electron chi connectivity index (χ0n) is 64.0. The predicted octanol–water partition coefficient (Wildman–Crippen LogP) is 3.16. The van der Waals surface area contributed by atoms with Crippen LogP contribution in [-0.4, -0.2) is 229 Å². The number of aliphatic hydroxyl groups excluding tert-OH is 2. The van der Waals surface area contributed by atoms with Crippen molar-refractivity contribution < 1.29 is 106 Å². The van der Waals surface area contributed by atoms with Crippen LogP contribution >= 0.6 is 0 Å². The number of ether oxygens (including phenoxy) is 7. The fourth-order valence-corrected chi connectivity index (χ4v) is 13.9. The average molecular weight is 1530 g/mol. The molecule has 1 aliphatic carbocycles. The van der Waals surface area contributed by atoms with E-state index in [-0.39, 0.29) is 109 Å². The number of alkyl carbamates (subject to hydrolysis) is 1. The Morgan fingerprint density at radius 1 is 0.798 bits per heavy atom. The van der Waals surface area contributed by atoms with Crippen molar-refractivity contribution in [2.24, 2.45) is 46.8 Å². The molecule has 4 aliphatic heterocycles. The van der Waals surface area contributed by atoms with Crippen molar-refractivity contribution in [1.29, 1.82) is 0 Å². The second-order valence-electron chi connectivity index (χ2n) is 29.3. The third-order valence-electron chi connectivity index (χ3n) is 20.6. The van der Waals surface area contributed by atoms with Crippen LogP contribution in [0, 0.1) is 29.6 Å².